The summed E-state index contributed by atoms with van der Waals surface area (Å²) in [7, 11) is 0. The standard InChI is InChI=1S/C14H21FN2O2/c1-9-5-6-10(15)7-11(9)12(16)8-17-13(18)19-14(2,3)4/h5-7,12H,8,16H2,1-4H3,(H,17,18). The van der Waals surface area contributed by atoms with E-state index in [0.29, 0.717) is 5.56 Å². The Morgan fingerprint density at radius 1 is 1.47 bits per heavy atom. The lowest BCUT2D eigenvalue weighted by Crippen LogP contribution is -2.36. The maximum Gasteiger partial charge on any atom is 0.407 e. The maximum atomic E-state index is 13.2. The molecule has 0 fully saturated rings. The van der Waals surface area contributed by atoms with Crippen molar-refractivity contribution in [3.63, 3.8) is 0 Å². The summed E-state index contributed by atoms with van der Waals surface area (Å²) in [5, 5.41) is 2.58. The number of aryl methyl sites for hydroxylation is 1. The van der Waals surface area contributed by atoms with Gasteiger partial charge < -0.3 is 15.8 Å². The van der Waals surface area contributed by atoms with E-state index in [4.69, 9.17) is 10.5 Å². The number of hydrogen-bond donors (Lipinski definition) is 2. The Hall–Kier alpha value is -1.62. The largest absolute Gasteiger partial charge is 0.444 e. The van der Waals surface area contributed by atoms with Gasteiger partial charge in [0.2, 0.25) is 0 Å². The van der Waals surface area contributed by atoms with Gasteiger partial charge in [0.15, 0.2) is 0 Å². The average Bonchev–Trinajstić information content (AvgIpc) is 2.27. The molecule has 0 aromatic heterocycles. The van der Waals surface area contributed by atoms with Crippen LogP contribution in [0.2, 0.25) is 0 Å². The summed E-state index contributed by atoms with van der Waals surface area (Å²) in [6.07, 6.45) is -0.531. The molecule has 0 saturated heterocycles. The highest BCUT2D eigenvalue weighted by Crippen LogP contribution is 2.16. The number of alkyl carbamates (subject to hydrolysis) is 1. The normalized spacial score (nSPS) is 12.9. The molecule has 1 atom stereocenters. The monoisotopic (exact) mass is 268 g/mol. The van der Waals surface area contributed by atoms with Crippen molar-refractivity contribution in [1.29, 1.82) is 0 Å². The van der Waals surface area contributed by atoms with Gasteiger partial charge in [0.25, 0.3) is 0 Å². The van der Waals surface area contributed by atoms with Crippen LogP contribution < -0.4 is 11.1 Å². The zero-order valence-corrected chi connectivity index (χ0v) is 11.8. The molecule has 1 aromatic carbocycles. The second-order valence-electron chi connectivity index (χ2n) is 5.49. The van der Waals surface area contributed by atoms with Gasteiger partial charge in [-0.1, -0.05) is 6.07 Å². The highest BCUT2D eigenvalue weighted by atomic mass is 19.1. The van der Waals surface area contributed by atoms with E-state index >= 15 is 0 Å². The van der Waals surface area contributed by atoms with Crippen molar-refractivity contribution in [2.75, 3.05) is 6.54 Å². The molecular formula is C14H21FN2O2. The van der Waals surface area contributed by atoms with Crippen molar-refractivity contribution >= 4 is 6.09 Å². The number of rotatable bonds is 3. The van der Waals surface area contributed by atoms with Crippen LogP contribution in [-0.4, -0.2) is 18.2 Å². The van der Waals surface area contributed by atoms with Crippen LogP contribution >= 0.6 is 0 Å². The molecule has 1 aromatic rings. The number of benzene rings is 1. The molecule has 106 valence electrons. The third-order valence-electron chi connectivity index (χ3n) is 2.51. The zero-order chi connectivity index (χ0) is 14.6. The Kier molecular flexibility index (Phi) is 4.89. The number of hydrogen-bond acceptors (Lipinski definition) is 3. The highest BCUT2D eigenvalue weighted by Gasteiger charge is 2.17. The van der Waals surface area contributed by atoms with E-state index in [1.165, 1.54) is 12.1 Å². The molecule has 1 amide bonds. The first kappa shape index (κ1) is 15.4. The number of halogens is 1. The van der Waals surface area contributed by atoms with E-state index in [0.717, 1.165) is 5.56 Å². The average molecular weight is 268 g/mol. The van der Waals surface area contributed by atoms with Crippen molar-refractivity contribution in [3.8, 4) is 0 Å². The van der Waals surface area contributed by atoms with Crippen LogP contribution in [0.1, 0.15) is 37.9 Å². The lowest BCUT2D eigenvalue weighted by atomic mass is 10.0. The topological polar surface area (TPSA) is 64.3 Å². The van der Waals surface area contributed by atoms with Crippen molar-refractivity contribution in [3.05, 3.63) is 35.1 Å². The number of amides is 1. The van der Waals surface area contributed by atoms with Gasteiger partial charge in [0, 0.05) is 12.6 Å². The van der Waals surface area contributed by atoms with Crippen LogP contribution in [0.5, 0.6) is 0 Å². The summed E-state index contributed by atoms with van der Waals surface area (Å²) < 4.78 is 18.3. The van der Waals surface area contributed by atoms with E-state index in [1.54, 1.807) is 26.8 Å². The van der Waals surface area contributed by atoms with Gasteiger partial charge in [0.1, 0.15) is 11.4 Å². The number of ether oxygens (including phenoxy) is 1. The quantitative estimate of drug-likeness (QED) is 0.885. The second kappa shape index (κ2) is 6.02. The third kappa shape index (κ3) is 5.26. The third-order valence-corrected chi connectivity index (χ3v) is 2.51. The molecule has 0 aliphatic heterocycles. The zero-order valence-electron chi connectivity index (χ0n) is 11.8. The molecule has 0 spiro atoms. The predicted octanol–water partition coefficient (Wildman–Crippen LogP) is 2.66. The van der Waals surface area contributed by atoms with Crippen LogP contribution in [0.15, 0.2) is 18.2 Å². The Morgan fingerprint density at radius 2 is 2.11 bits per heavy atom. The fourth-order valence-corrected chi connectivity index (χ4v) is 1.63. The van der Waals surface area contributed by atoms with Gasteiger partial charge in [-0.3, -0.25) is 0 Å². The molecule has 1 unspecified atom stereocenters. The minimum absolute atomic E-state index is 0.194. The molecule has 1 rings (SSSR count). The lowest BCUT2D eigenvalue weighted by Gasteiger charge is -2.21. The second-order valence-corrected chi connectivity index (χ2v) is 5.49. The Balaban J connectivity index is 2.58. The van der Waals surface area contributed by atoms with Crippen molar-refractivity contribution in [2.45, 2.75) is 39.3 Å². The summed E-state index contributed by atoms with van der Waals surface area (Å²) in [6, 6.07) is 3.96. The Bertz CT molecular complexity index is 455. The van der Waals surface area contributed by atoms with E-state index in [9.17, 15) is 9.18 Å². The van der Waals surface area contributed by atoms with Crippen LogP contribution in [0.3, 0.4) is 0 Å². The molecular weight excluding hydrogens is 247 g/mol. The van der Waals surface area contributed by atoms with Crippen LogP contribution in [0.25, 0.3) is 0 Å². The maximum absolute atomic E-state index is 13.2. The van der Waals surface area contributed by atoms with Gasteiger partial charge in [-0.05, 0) is 51.0 Å². The first-order valence-electron chi connectivity index (χ1n) is 6.17. The highest BCUT2D eigenvalue weighted by molar-refractivity contribution is 5.67. The van der Waals surface area contributed by atoms with Crippen molar-refractivity contribution in [1.82, 2.24) is 5.32 Å². The summed E-state index contributed by atoms with van der Waals surface area (Å²) in [5.41, 5.74) is 6.95. The van der Waals surface area contributed by atoms with Gasteiger partial charge >= 0.3 is 6.09 Å². The molecule has 0 bridgehead atoms. The summed E-state index contributed by atoms with van der Waals surface area (Å²) in [6.45, 7) is 7.39. The van der Waals surface area contributed by atoms with Crippen molar-refractivity contribution in [2.24, 2.45) is 5.73 Å². The molecule has 19 heavy (non-hydrogen) atoms. The minimum Gasteiger partial charge on any atom is -0.444 e. The van der Waals surface area contributed by atoms with Gasteiger partial charge in [-0.2, -0.15) is 0 Å². The molecule has 5 heteroatoms. The minimum atomic E-state index is -0.553. The molecule has 3 N–H and O–H groups in total. The fourth-order valence-electron chi connectivity index (χ4n) is 1.63. The first-order chi connectivity index (χ1) is 8.69. The fraction of sp³-hybridized carbons (Fsp3) is 0.500. The summed E-state index contributed by atoms with van der Waals surface area (Å²) in [5.74, 6) is -0.340. The van der Waals surface area contributed by atoms with Crippen LogP contribution in [0.4, 0.5) is 9.18 Å². The number of nitrogens with one attached hydrogen (secondary N) is 1. The van der Waals surface area contributed by atoms with Crippen molar-refractivity contribution < 1.29 is 13.9 Å². The Morgan fingerprint density at radius 3 is 2.68 bits per heavy atom. The smallest absolute Gasteiger partial charge is 0.407 e. The van der Waals surface area contributed by atoms with E-state index in [2.05, 4.69) is 5.32 Å². The van der Waals surface area contributed by atoms with E-state index < -0.39 is 17.7 Å². The Labute approximate surface area is 113 Å². The number of nitrogens with two attached hydrogens (primary N) is 1. The SMILES string of the molecule is Cc1ccc(F)cc1C(N)CNC(=O)OC(C)(C)C. The van der Waals surface area contributed by atoms with E-state index in [-0.39, 0.29) is 12.4 Å². The summed E-state index contributed by atoms with van der Waals surface area (Å²) in [4.78, 5) is 11.5. The molecule has 0 aliphatic rings. The summed E-state index contributed by atoms with van der Waals surface area (Å²) >= 11 is 0. The van der Waals surface area contributed by atoms with E-state index in [1.807, 2.05) is 6.92 Å². The molecule has 0 aliphatic carbocycles. The van der Waals surface area contributed by atoms with Gasteiger partial charge in [-0.15, -0.1) is 0 Å². The number of carbonyl (C=O) groups excluding carboxylic acids is 1. The van der Waals surface area contributed by atoms with Gasteiger partial charge in [0.05, 0.1) is 0 Å². The molecule has 4 nitrogen and oxygen atoms in total. The molecule has 0 heterocycles. The molecule has 0 radical (unpaired) electrons. The first-order valence-corrected chi connectivity index (χ1v) is 6.17. The predicted molar refractivity (Wildman–Crippen MR) is 72.3 cm³/mol. The lowest BCUT2D eigenvalue weighted by molar-refractivity contribution is 0.0524. The number of carbonyl (C=O) groups is 1. The van der Waals surface area contributed by atoms with Crippen LogP contribution in [-0.2, 0) is 4.74 Å². The van der Waals surface area contributed by atoms with Gasteiger partial charge in [-0.25, -0.2) is 9.18 Å². The molecule has 0 saturated carbocycles. The van der Waals surface area contributed by atoms with Crippen LogP contribution in [0, 0.1) is 12.7 Å².